The molecule has 1 atom stereocenters. The number of fused-ring (bicyclic) bond motifs is 1. The third-order valence-electron chi connectivity index (χ3n) is 5.43. The molecule has 1 N–H and O–H groups in total. The number of nitriles is 1. The summed E-state index contributed by atoms with van der Waals surface area (Å²) in [6.07, 6.45) is 5.38. The Morgan fingerprint density at radius 1 is 1.28 bits per heavy atom. The summed E-state index contributed by atoms with van der Waals surface area (Å²) >= 11 is 0. The Morgan fingerprint density at radius 2 is 2.09 bits per heavy atom. The molecule has 0 spiro atoms. The van der Waals surface area contributed by atoms with Gasteiger partial charge in [-0.25, -0.2) is 4.39 Å². The van der Waals surface area contributed by atoms with E-state index in [-0.39, 0.29) is 24.0 Å². The van der Waals surface area contributed by atoms with Gasteiger partial charge in [-0.05, 0) is 37.1 Å². The number of aromatic nitrogens is 1. The number of carbonyl (C=O) groups is 1. The molecule has 1 aliphatic rings. The molecule has 164 valence electrons. The Bertz CT molecular complexity index is 1170. The van der Waals surface area contributed by atoms with Gasteiger partial charge in [0.25, 0.3) is 5.91 Å². The number of nitrogens with zero attached hydrogens (tertiary/aromatic N) is 2. The number of amides is 1. The maximum atomic E-state index is 13.8. The molecular formula is C25H24FN3O3. The average Bonchev–Trinajstić information content (AvgIpc) is 3.45. The number of nitrogens with one attached hydrogen (secondary N) is 1. The van der Waals surface area contributed by atoms with Gasteiger partial charge in [0.1, 0.15) is 18.2 Å². The normalized spacial score (nSPS) is 16.1. The molecule has 0 aliphatic carbocycles. The first-order chi connectivity index (χ1) is 15.7. The third kappa shape index (κ3) is 4.98. The fourth-order valence-corrected chi connectivity index (χ4v) is 3.80. The van der Waals surface area contributed by atoms with Gasteiger partial charge >= 0.3 is 0 Å². The SMILES string of the molecule is N#C/C(=C\c1cn(CCOc2ccccc2F)c2ccccc12)C(=O)NCC1CCCO1. The standard InChI is InChI=1S/C25H24FN3O3/c26-22-8-2-4-10-24(22)32-13-11-29-17-19(21-7-1-3-9-23(21)29)14-18(15-27)25(30)28-16-20-6-5-12-31-20/h1-4,7-10,14,17,20H,5-6,11-13,16H2,(H,28,30)/b18-14+. The van der Waals surface area contributed by atoms with Crippen molar-refractivity contribution in [3.8, 4) is 11.8 Å². The topological polar surface area (TPSA) is 76.3 Å². The van der Waals surface area contributed by atoms with Crippen LogP contribution in [0.15, 0.2) is 60.3 Å². The molecule has 1 amide bonds. The van der Waals surface area contributed by atoms with Gasteiger partial charge in [0.2, 0.25) is 0 Å². The van der Waals surface area contributed by atoms with E-state index in [9.17, 15) is 14.4 Å². The Balaban J connectivity index is 1.50. The summed E-state index contributed by atoms with van der Waals surface area (Å²) < 4.78 is 26.8. The number of hydrogen-bond donors (Lipinski definition) is 1. The Hall–Kier alpha value is -3.63. The van der Waals surface area contributed by atoms with Crippen molar-refractivity contribution in [2.75, 3.05) is 19.8 Å². The van der Waals surface area contributed by atoms with E-state index in [1.807, 2.05) is 41.1 Å². The highest BCUT2D eigenvalue weighted by molar-refractivity contribution is 6.04. The molecule has 0 saturated carbocycles. The molecule has 3 aromatic rings. The number of carbonyl (C=O) groups excluding carboxylic acids is 1. The van der Waals surface area contributed by atoms with E-state index in [0.29, 0.717) is 19.7 Å². The fourth-order valence-electron chi connectivity index (χ4n) is 3.80. The van der Waals surface area contributed by atoms with E-state index < -0.39 is 11.7 Å². The van der Waals surface area contributed by atoms with Gasteiger partial charge < -0.3 is 19.4 Å². The Kier molecular flexibility index (Phi) is 6.83. The van der Waals surface area contributed by atoms with Gasteiger partial charge in [-0.2, -0.15) is 5.26 Å². The summed E-state index contributed by atoms with van der Waals surface area (Å²) in [5, 5.41) is 13.3. The molecule has 32 heavy (non-hydrogen) atoms. The van der Waals surface area contributed by atoms with Crippen molar-refractivity contribution >= 4 is 22.9 Å². The number of benzene rings is 2. The van der Waals surface area contributed by atoms with Crippen molar-refractivity contribution in [3.63, 3.8) is 0 Å². The van der Waals surface area contributed by atoms with Crippen LogP contribution in [-0.4, -0.2) is 36.3 Å². The molecule has 7 heteroatoms. The van der Waals surface area contributed by atoms with Crippen LogP contribution >= 0.6 is 0 Å². The highest BCUT2D eigenvalue weighted by Gasteiger charge is 2.18. The lowest BCUT2D eigenvalue weighted by Crippen LogP contribution is -2.32. The minimum atomic E-state index is -0.414. The van der Waals surface area contributed by atoms with E-state index >= 15 is 0 Å². The molecule has 0 radical (unpaired) electrons. The quantitative estimate of drug-likeness (QED) is 0.429. The van der Waals surface area contributed by atoms with Crippen LogP contribution in [0.1, 0.15) is 18.4 Å². The summed E-state index contributed by atoms with van der Waals surface area (Å²) in [6, 6.07) is 16.0. The van der Waals surface area contributed by atoms with Crippen LogP contribution in [0, 0.1) is 17.1 Å². The van der Waals surface area contributed by atoms with E-state index in [4.69, 9.17) is 9.47 Å². The second kappa shape index (κ2) is 10.1. The maximum Gasteiger partial charge on any atom is 0.262 e. The first-order valence-corrected chi connectivity index (χ1v) is 10.6. The molecular weight excluding hydrogens is 409 g/mol. The van der Waals surface area contributed by atoms with Crippen LogP contribution in [0.25, 0.3) is 17.0 Å². The molecule has 2 aromatic carbocycles. The number of hydrogen-bond acceptors (Lipinski definition) is 4. The molecule has 6 nitrogen and oxygen atoms in total. The van der Waals surface area contributed by atoms with E-state index in [1.165, 1.54) is 6.07 Å². The monoisotopic (exact) mass is 433 g/mol. The van der Waals surface area contributed by atoms with Crippen molar-refractivity contribution in [3.05, 3.63) is 71.7 Å². The first-order valence-electron chi connectivity index (χ1n) is 10.6. The van der Waals surface area contributed by atoms with Crippen LogP contribution in [0.4, 0.5) is 4.39 Å². The van der Waals surface area contributed by atoms with Gasteiger partial charge in [0, 0.05) is 35.8 Å². The number of halogens is 1. The molecule has 1 unspecified atom stereocenters. The summed E-state index contributed by atoms with van der Waals surface area (Å²) in [7, 11) is 0. The van der Waals surface area contributed by atoms with Gasteiger partial charge in [-0.3, -0.25) is 4.79 Å². The zero-order chi connectivity index (χ0) is 22.3. The third-order valence-corrected chi connectivity index (χ3v) is 5.43. The van der Waals surface area contributed by atoms with Crippen molar-refractivity contribution < 1.29 is 18.7 Å². The van der Waals surface area contributed by atoms with Gasteiger partial charge in [-0.15, -0.1) is 0 Å². The van der Waals surface area contributed by atoms with E-state index in [0.717, 1.165) is 29.3 Å². The van der Waals surface area contributed by atoms with Crippen molar-refractivity contribution in [1.29, 1.82) is 5.26 Å². The van der Waals surface area contributed by atoms with Gasteiger partial charge in [0.15, 0.2) is 11.6 Å². The lowest BCUT2D eigenvalue weighted by Gasteiger charge is -2.10. The average molecular weight is 433 g/mol. The molecule has 1 fully saturated rings. The lowest BCUT2D eigenvalue weighted by atomic mass is 10.1. The summed E-state index contributed by atoms with van der Waals surface area (Å²) in [5.74, 6) is -0.609. The van der Waals surface area contributed by atoms with Crippen LogP contribution < -0.4 is 10.1 Å². The zero-order valence-corrected chi connectivity index (χ0v) is 17.6. The Morgan fingerprint density at radius 3 is 2.88 bits per heavy atom. The van der Waals surface area contributed by atoms with Gasteiger partial charge in [-0.1, -0.05) is 30.3 Å². The van der Waals surface area contributed by atoms with E-state index in [1.54, 1.807) is 24.3 Å². The Labute approximate surface area is 185 Å². The summed E-state index contributed by atoms with van der Waals surface area (Å²) in [6.45, 7) is 1.86. The molecule has 2 heterocycles. The van der Waals surface area contributed by atoms with Gasteiger partial charge in [0.05, 0.1) is 12.6 Å². The molecule has 1 saturated heterocycles. The zero-order valence-electron chi connectivity index (χ0n) is 17.6. The van der Waals surface area contributed by atoms with Crippen LogP contribution in [-0.2, 0) is 16.1 Å². The smallest absolute Gasteiger partial charge is 0.262 e. The minimum Gasteiger partial charge on any atom is -0.489 e. The number of para-hydroxylation sites is 2. The largest absolute Gasteiger partial charge is 0.489 e. The highest BCUT2D eigenvalue weighted by atomic mass is 19.1. The van der Waals surface area contributed by atoms with Crippen molar-refractivity contribution in [2.45, 2.75) is 25.5 Å². The molecule has 1 aliphatic heterocycles. The van der Waals surface area contributed by atoms with Crippen LogP contribution in [0.5, 0.6) is 5.75 Å². The number of rotatable bonds is 8. The van der Waals surface area contributed by atoms with Crippen LogP contribution in [0.3, 0.4) is 0 Å². The maximum absolute atomic E-state index is 13.8. The predicted molar refractivity (Wildman–Crippen MR) is 119 cm³/mol. The molecule has 1 aromatic heterocycles. The van der Waals surface area contributed by atoms with E-state index in [2.05, 4.69) is 5.32 Å². The molecule has 4 rings (SSSR count). The van der Waals surface area contributed by atoms with Crippen LogP contribution in [0.2, 0.25) is 0 Å². The van der Waals surface area contributed by atoms with Crippen molar-refractivity contribution in [1.82, 2.24) is 9.88 Å². The summed E-state index contributed by atoms with van der Waals surface area (Å²) in [5.41, 5.74) is 1.73. The minimum absolute atomic E-state index is 0.00950. The lowest BCUT2D eigenvalue weighted by molar-refractivity contribution is -0.117. The second-order valence-electron chi connectivity index (χ2n) is 7.59. The second-order valence-corrected chi connectivity index (χ2v) is 7.59. The van der Waals surface area contributed by atoms with Crippen molar-refractivity contribution in [2.24, 2.45) is 0 Å². The highest BCUT2D eigenvalue weighted by Crippen LogP contribution is 2.24. The fraction of sp³-hybridized carbons (Fsp3) is 0.280. The first kappa shape index (κ1) is 21.6. The molecule has 0 bridgehead atoms. The predicted octanol–water partition coefficient (Wildman–Crippen LogP) is 4.06. The number of ether oxygens (including phenoxy) is 2. The summed E-state index contributed by atoms with van der Waals surface area (Å²) in [4.78, 5) is 12.5.